The van der Waals surface area contributed by atoms with E-state index in [0.29, 0.717) is 17.8 Å². The predicted molar refractivity (Wildman–Crippen MR) is 58.6 cm³/mol. The van der Waals surface area contributed by atoms with Gasteiger partial charge in [-0.1, -0.05) is 6.42 Å². The van der Waals surface area contributed by atoms with Crippen LogP contribution in [0.4, 0.5) is 0 Å². The van der Waals surface area contributed by atoms with Gasteiger partial charge < -0.3 is 9.84 Å². The summed E-state index contributed by atoms with van der Waals surface area (Å²) >= 11 is 0. The van der Waals surface area contributed by atoms with Gasteiger partial charge in [-0.2, -0.15) is 0 Å². The van der Waals surface area contributed by atoms with Crippen molar-refractivity contribution in [2.75, 3.05) is 0 Å². The maximum absolute atomic E-state index is 11.7. The minimum atomic E-state index is -0.177. The molecular formula is C13H20O3. The van der Waals surface area contributed by atoms with Gasteiger partial charge in [0.05, 0.1) is 12.0 Å². The van der Waals surface area contributed by atoms with E-state index in [0.717, 1.165) is 25.7 Å². The van der Waals surface area contributed by atoms with E-state index in [9.17, 15) is 9.90 Å². The molecule has 0 amide bonds. The molecule has 0 aromatic heterocycles. The standard InChI is InChI=1S/C13H20O3/c1-7-9-5-8-3-2-4-12(14)10(8)6-11(9)13(15)16-7/h7-12,14H,2-6H2,1H3. The molecule has 0 aromatic carbocycles. The van der Waals surface area contributed by atoms with Gasteiger partial charge in [-0.05, 0) is 44.4 Å². The number of rotatable bonds is 0. The van der Waals surface area contributed by atoms with Crippen LogP contribution in [-0.2, 0) is 9.53 Å². The summed E-state index contributed by atoms with van der Waals surface area (Å²) in [4.78, 5) is 11.7. The monoisotopic (exact) mass is 224 g/mol. The Bertz CT molecular complexity index is 302. The highest BCUT2D eigenvalue weighted by molar-refractivity contribution is 5.75. The number of cyclic esters (lactones) is 1. The maximum Gasteiger partial charge on any atom is 0.309 e. The quantitative estimate of drug-likeness (QED) is 0.637. The van der Waals surface area contributed by atoms with E-state index in [1.165, 1.54) is 6.42 Å². The van der Waals surface area contributed by atoms with Crippen LogP contribution in [0.25, 0.3) is 0 Å². The van der Waals surface area contributed by atoms with Crippen LogP contribution in [0.1, 0.15) is 39.0 Å². The van der Waals surface area contributed by atoms with Gasteiger partial charge in [0.2, 0.25) is 0 Å². The fourth-order valence-electron chi connectivity index (χ4n) is 4.10. The number of fused-ring (bicyclic) bond motifs is 2. The minimum absolute atomic E-state index is 0.0197. The summed E-state index contributed by atoms with van der Waals surface area (Å²) in [5.74, 6) is 1.45. The van der Waals surface area contributed by atoms with E-state index >= 15 is 0 Å². The average Bonchev–Trinajstić information content (AvgIpc) is 2.53. The van der Waals surface area contributed by atoms with Crippen molar-refractivity contribution in [3.8, 4) is 0 Å². The first-order valence-corrected chi connectivity index (χ1v) is 6.55. The summed E-state index contributed by atoms with van der Waals surface area (Å²) in [6, 6.07) is 0. The molecule has 1 N–H and O–H groups in total. The minimum Gasteiger partial charge on any atom is -0.462 e. The van der Waals surface area contributed by atoms with E-state index in [4.69, 9.17) is 4.74 Å². The third-order valence-corrected chi connectivity index (χ3v) is 5.00. The Morgan fingerprint density at radius 3 is 2.88 bits per heavy atom. The normalized spacial score (nSPS) is 51.8. The van der Waals surface area contributed by atoms with Crippen LogP contribution < -0.4 is 0 Å². The SMILES string of the molecule is CC1OC(=O)C2CC3C(O)CCCC3CC12. The summed E-state index contributed by atoms with van der Waals surface area (Å²) in [6.07, 6.45) is 5.15. The third-order valence-electron chi connectivity index (χ3n) is 5.00. The molecule has 6 unspecified atom stereocenters. The number of esters is 1. The summed E-state index contributed by atoms with van der Waals surface area (Å²) in [6.45, 7) is 2.02. The van der Waals surface area contributed by atoms with E-state index in [-0.39, 0.29) is 24.1 Å². The molecule has 3 fully saturated rings. The van der Waals surface area contributed by atoms with Gasteiger partial charge >= 0.3 is 5.97 Å². The molecule has 3 aliphatic rings. The van der Waals surface area contributed by atoms with Crippen LogP contribution in [-0.4, -0.2) is 23.3 Å². The van der Waals surface area contributed by atoms with Gasteiger partial charge in [0.15, 0.2) is 0 Å². The molecule has 1 aliphatic heterocycles. The Morgan fingerprint density at radius 1 is 1.25 bits per heavy atom. The second-order valence-electron chi connectivity index (χ2n) is 5.81. The Labute approximate surface area is 96.2 Å². The van der Waals surface area contributed by atoms with Crippen molar-refractivity contribution in [3.63, 3.8) is 0 Å². The zero-order valence-electron chi connectivity index (χ0n) is 9.76. The van der Waals surface area contributed by atoms with E-state index in [1.54, 1.807) is 0 Å². The van der Waals surface area contributed by atoms with Crippen LogP contribution in [0.2, 0.25) is 0 Å². The lowest BCUT2D eigenvalue weighted by molar-refractivity contribution is -0.144. The zero-order valence-corrected chi connectivity index (χ0v) is 9.76. The second-order valence-corrected chi connectivity index (χ2v) is 5.81. The van der Waals surface area contributed by atoms with E-state index in [1.807, 2.05) is 6.92 Å². The molecule has 16 heavy (non-hydrogen) atoms. The molecule has 2 saturated carbocycles. The Balaban J connectivity index is 1.80. The highest BCUT2D eigenvalue weighted by Gasteiger charge is 2.50. The fraction of sp³-hybridized carbons (Fsp3) is 0.923. The Hall–Kier alpha value is -0.570. The first kappa shape index (κ1) is 10.6. The maximum atomic E-state index is 11.7. The third kappa shape index (κ3) is 1.48. The number of hydrogen-bond donors (Lipinski definition) is 1. The lowest BCUT2D eigenvalue weighted by Gasteiger charge is -2.43. The first-order chi connectivity index (χ1) is 7.66. The molecule has 90 valence electrons. The van der Waals surface area contributed by atoms with E-state index < -0.39 is 0 Å². The van der Waals surface area contributed by atoms with Crippen molar-refractivity contribution in [1.29, 1.82) is 0 Å². The van der Waals surface area contributed by atoms with Gasteiger partial charge in [0.25, 0.3) is 0 Å². The van der Waals surface area contributed by atoms with Crippen LogP contribution in [0.3, 0.4) is 0 Å². The van der Waals surface area contributed by atoms with Crippen LogP contribution in [0.5, 0.6) is 0 Å². The lowest BCUT2D eigenvalue weighted by atomic mass is 9.62. The Morgan fingerprint density at radius 2 is 2.06 bits per heavy atom. The van der Waals surface area contributed by atoms with Gasteiger partial charge in [0.1, 0.15) is 6.10 Å². The topological polar surface area (TPSA) is 46.5 Å². The molecule has 3 nitrogen and oxygen atoms in total. The number of ether oxygens (including phenoxy) is 1. The summed E-state index contributed by atoms with van der Waals surface area (Å²) in [7, 11) is 0. The number of carbonyl (C=O) groups is 1. The average molecular weight is 224 g/mol. The highest BCUT2D eigenvalue weighted by atomic mass is 16.6. The number of carbonyl (C=O) groups excluding carboxylic acids is 1. The molecule has 0 spiro atoms. The van der Waals surface area contributed by atoms with Crippen molar-refractivity contribution >= 4 is 5.97 Å². The van der Waals surface area contributed by atoms with Crippen molar-refractivity contribution in [3.05, 3.63) is 0 Å². The number of hydrogen-bond acceptors (Lipinski definition) is 3. The predicted octanol–water partition coefficient (Wildman–Crippen LogP) is 1.74. The van der Waals surface area contributed by atoms with Gasteiger partial charge in [0, 0.05) is 5.92 Å². The van der Waals surface area contributed by atoms with Crippen molar-refractivity contribution < 1.29 is 14.6 Å². The first-order valence-electron chi connectivity index (χ1n) is 6.55. The summed E-state index contributed by atoms with van der Waals surface area (Å²) in [5.41, 5.74) is 0. The van der Waals surface area contributed by atoms with Gasteiger partial charge in [-0.3, -0.25) is 4.79 Å². The molecule has 2 aliphatic carbocycles. The molecule has 6 atom stereocenters. The molecule has 1 saturated heterocycles. The summed E-state index contributed by atoms with van der Waals surface area (Å²) < 4.78 is 5.33. The largest absolute Gasteiger partial charge is 0.462 e. The van der Waals surface area contributed by atoms with Crippen molar-refractivity contribution in [2.24, 2.45) is 23.7 Å². The van der Waals surface area contributed by atoms with Crippen molar-refractivity contribution in [2.45, 2.75) is 51.2 Å². The van der Waals surface area contributed by atoms with Gasteiger partial charge in [-0.25, -0.2) is 0 Å². The fourth-order valence-corrected chi connectivity index (χ4v) is 4.10. The molecule has 0 aromatic rings. The molecule has 1 heterocycles. The Kier molecular flexibility index (Phi) is 2.46. The molecule has 3 heteroatoms. The van der Waals surface area contributed by atoms with Crippen molar-refractivity contribution in [1.82, 2.24) is 0 Å². The number of aliphatic hydroxyl groups excluding tert-OH is 1. The zero-order chi connectivity index (χ0) is 11.3. The number of aliphatic hydroxyl groups is 1. The molecule has 3 rings (SSSR count). The van der Waals surface area contributed by atoms with E-state index in [2.05, 4.69) is 0 Å². The van der Waals surface area contributed by atoms with Crippen LogP contribution in [0.15, 0.2) is 0 Å². The van der Waals surface area contributed by atoms with Crippen LogP contribution >= 0.6 is 0 Å². The van der Waals surface area contributed by atoms with Gasteiger partial charge in [-0.15, -0.1) is 0 Å². The smallest absolute Gasteiger partial charge is 0.309 e. The molecular weight excluding hydrogens is 204 g/mol. The molecule has 0 bridgehead atoms. The molecule has 0 radical (unpaired) electrons. The highest BCUT2D eigenvalue weighted by Crippen LogP contribution is 2.49. The lowest BCUT2D eigenvalue weighted by Crippen LogP contribution is -2.41. The summed E-state index contributed by atoms with van der Waals surface area (Å²) in [5, 5.41) is 10.0. The second kappa shape index (κ2) is 3.73. The van der Waals surface area contributed by atoms with Crippen LogP contribution in [0, 0.1) is 23.7 Å².